The van der Waals surface area contributed by atoms with Gasteiger partial charge in [0.1, 0.15) is 6.10 Å². The van der Waals surface area contributed by atoms with Crippen LogP contribution in [0.15, 0.2) is 30.7 Å². The number of aliphatic hydroxyl groups is 1. The van der Waals surface area contributed by atoms with Gasteiger partial charge >= 0.3 is 0 Å². The molecule has 0 amide bonds. The Bertz CT molecular complexity index is 545. The first-order chi connectivity index (χ1) is 8.25. The van der Waals surface area contributed by atoms with E-state index in [-0.39, 0.29) is 0 Å². The third kappa shape index (κ3) is 1.76. The van der Waals surface area contributed by atoms with Gasteiger partial charge in [-0.1, -0.05) is 18.2 Å². The number of imidazole rings is 1. The summed E-state index contributed by atoms with van der Waals surface area (Å²) >= 11 is 0. The summed E-state index contributed by atoms with van der Waals surface area (Å²) in [7, 11) is 1.90. The molecule has 0 saturated heterocycles. The first-order valence-corrected chi connectivity index (χ1v) is 6.01. The van der Waals surface area contributed by atoms with Crippen LogP contribution in [0.25, 0.3) is 0 Å². The molecule has 2 aromatic rings. The maximum Gasteiger partial charge on any atom is 0.121 e. The van der Waals surface area contributed by atoms with Crippen molar-refractivity contribution in [2.45, 2.75) is 25.4 Å². The predicted octanol–water partition coefficient (Wildman–Crippen LogP) is 1.99. The average molecular weight is 228 g/mol. The highest BCUT2D eigenvalue weighted by Gasteiger charge is 2.17. The van der Waals surface area contributed by atoms with Crippen molar-refractivity contribution in [3.8, 4) is 0 Å². The van der Waals surface area contributed by atoms with Crippen molar-refractivity contribution < 1.29 is 5.11 Å². The molecule has 0 radical (unpaired) electrons. The molecule has 3 rings (SSSR count). The fourth-order valence-corrected chi connectivity index (χ4v) is 2.56. The summed E-state index contributed by atoms with van der Waals surface area (Å²) in [5.41, 5.74) is 4.63. The first kappa shape index (κ1) is 10.5. The lowest BCUT2D eigenvalue weighted by Crippen LogP contribution is -2.05. The van der Waals surface area contributed by atoms with Crippen LogP contribution < -0.4 is 0 Å². The van der Waals surface area contributed by atoms with E-state index >= 15 is 0 Å². The molecule has 3 heteroatoms. The Morgan fingerprint density at radius 1 is 1.29 bits per heavy atom. The second-order valence-electron chi connectivity index (χ2n) is 4.71. The summed E-state index contributed by atoms with van der Waals surface area (Å²) in [5.74, 6) is 0. The van der Waals surface area contributed by atoms with Crippen molar-refractivity contribution in [2.24, 2.45) is 7.05 Å². The molecule has 1 heterocycles. The first-order valence-electron chi connectivity index (χ1n) is 6.01. The van der Waals surface area contributed by atoms with E-state index in [1.807, 2.05) is 17.7 Å². The Kier molecular flexibility index (Phi) is 2.48. The number of rotatable bonds is 2. The van der Waals surface area contributed by atoms with E-state index in [1.54, 1.807) is 12.5 Å². The zero-order valence-corrected chi connectivity index (χ0v) is 9.93. The smallest absolute Gasteiger partial charge is 0.121 e. The highest BCUT2D eigenvalue weighted by Crippen LogP contribution is 2.27. The topological polar surface area (TPSA) is 38.0 Å². The van der Waals surface area contributed by atoms with Crippen molar-refractivity contribution in [1.29, 1.82) is 0 Å². The monoisotopic (exact) mass is 228 g/mol. The van der Waals surface area contributed by atoms with Crippen LogP contribution >= 0.6 is 0 Å². The number of hydrogen-bond acceptors (Lipinski definition) is 2. The van der Waals surface area contributed by atoms with Gasteiger partial charge in [0, 0.05) is 7.05 Å². The quantitative estimate of drug-likeness (QED) is 0.853. The van der Waals surface area contributed by atoms with Gasteiger partial charge in [0.05, 0.1) is 18.2 Å². The van der Waals surface area contributed by atoms with E-state index in [2.05, 4.69) is 17.1 Å². The minimum atomic E-state index is -0.576. The Morgan fingerprint density at radius 2 is 2.12 bits per heavy atom. The second-order valence-corrected chi connectivity index (χ2v) is 4.71. The van der Waals surface area contributed by atoms with Gasteiger partial charge in [-0.15, -0.1) is 0 Å². The molecule has 88 valence electrons. The summed E-state index contributed by atoms with van der Waals surface area (Å²) in [5, 5.41) is 10.3. The fraction of sp³-hybridized carbons (Fsp3) is 0.357. The molecule has 1 aromatic carbocycles. The van der Waals surface area contributed by atoms with Crippen LogP contribution in [0.3, 0.4) is 0 Å². The molecular weight excluding hydrogens is 212 g/mol. The molecule has 1 aliphatic rings. The van der Waals surface area contributed by atoms with Crippen molar-refractivity contribution in [1.82, 2.24) is 9.55 Å². The van der Waals surface area contributed by atoms with E-state index in [9.17, 15) is 5.11 Å². The van der Waals surface area contributed by atoms with E-state index in [0.717, 1.165) is 17.7 Å². The molecule has 0 saturated carbocycles. The van der Waals surface area contributed by atoms with Crippen LogP contribution in [0.2, 0.25) is 0 Å². The van der Waals surface area contributed by atoms with Gasteiger partial charge in [-0.25, -0.2) is 4.98 Å². The van der Waals surface area contributed by atoms with Gasteiger partial charge in [-0.3, -0.25) is 0 Å². The molecule has 0 aliphatic heterocycles. The molecular formula is C14H16N2O. The van der Waals surface area contributed by atoms with Crippen LogP contribution in [-0.2, 0) is 19.9 Å². The SMILES string of the molecule is Cn1cncc1C(O)c1ccc2c(c1)CCC2. The van der Waals surface area contributed by atoms with Crippen LogP contribution in [-0.4, -0.2) is 14.7 Å². The average Bonchev–Trinajstić information content (AvgIpc) is 2.95. The molecule has 0 fully saturated rings. The highest BCUT2D eigenvalue weighted by molar-refractivity contribution is 5.38. The highest BCUT2D eigenvalue weighted by atomic mass is 16.3. The third-order valence-corrected chi connectivity index (χ3v) is 3.57. The van der Waals surface area contributed by atoms with E-state index in [1.165, 1.54) is 24.0 Å². The summed E-state index contributed by atoms with van der Waals surface area (Å²) in [6.07, 6.45) is 6.41. The Hall–Kier alpha value is -1.61. The number of fused-ring (bicyclic) bond motifs is 1. The molecule has 0 spiro atoms. The Morgan fingerprint density at radius 3 is 2.88 bits per heavy atom. The Labute approximate surface area is 101 Å². The minimum Gasteiger partial charge on any atom is -0.382 e. The van der Waals surface area contributed by atoms with Crippen molar-refractivity contribution in [3.05, 3.63) is 53.1 Å². The number of aliphatic hydroxyl groups excluding tert-OH is 1. The van der Waals surface area contributed by atoms with Crippen LogP contribution in [0.5, 0.6) is 0 Å². The lowest BCUT2D eigenvalue weighted by molar-refractivity contribution is 0.211. The van der Waals surface area contributed by atoms with Gasteiger partial charge in [-0.05, 0) is 36.0 Å². The van der Waals surface area contributed by atoms with Gasteiger partial charge in [0.2, 0.25) is 0 Å². The molecule has 0 bridgehead atoms. The van der Waals surface area contributed by atoms with E-state index in [4.69, 9.17) is 0 Å². The molecule has 1 aliphatic carbocycles. The zero-order chi connectivity index (χ0) is 11.8. The molecule has 1 atom stereocenters. The molecule has 3 nitrogen and oxygen atoms in total. The molecule has 17 heavy (non-hydrogen) atoms. The number of hydrogen-bond donors (Lipinski definition) is 1. The third-order valence-electron chi connectivity index (χ3n) is 3.57. The molecule has 1 unspecified atom stereocenters. The zero-order valence-electron chi connectivity index (χ0n) is 9.93. The molecule has 1 aromatic heterocycles. The van der Waals surface area contributed by atoms with Crippen LogP contribution in [0, 0.1) is 0 Å². The summed E-state index contributed by atoms with van der Waals surface area (Å²) in [6, 6.07) is 6.32. The lowest BCUT2D eigenvalue weighted by atomic mass is 10.0. The van der Waals surface area contributed by atoms with Gasteiger partial charge < -0.3 is 9.67 Å². The fourth-order valence-electron chi connectivity index (χ4n) is 2.56. The summed E-state index contributed by atoms with van der Waals surface area (Å²) in [6.45, 7) is 0. The maximum atomic E-state index is 10.3. The predicted molar refractivity (Wildman–Crippen MR) is 65.7 cm³/mol. The van der Waals surface area contributed by atoms with E-state index in [0.29, 0.717) is 0 Å². The number of benzene rings is 1. The number of aromatic nitrogens is 2. The van der Waals surface area contributed by atoms with Gasteiger partial charge in [0.25, 0.3) is 0 Å². The Balaban J connectivity index is 1.97. The number of nitrogens with zero attached hydrogens (tertiary/aromatic N) is 2. The van der Waals surface area contributed by atoms with Crippen LogP contribution in [0.4, 0.5) is 0 Å². The largest absolute Gasteiger partial charge is 0.382 e. The number of aryl methyl sites for hydroxylation is 3. The minimum absolute atomic E-state index is 0.576. The lowest BCUT2D eigenvalue weighted by Gasteiger charge is -2.13. The van der Waals surface area contributed by atoms with E-state index < -0.39 is 6.10 Å². The molecule has 1 N–H and O–H groups in total. The van der Waals surface area contributed by atoms with Crippen molar-refractivity contribution >= 4 is 0 Å². The standard InChI is InChI=1S/C14H16N2O/c1-16-9-15-8-13(16)14(17)12-6-5-10-3-2-4-11(10)7-12/h5-9,14,17H,2-4H2,1H3. The second kappa shape index (κ2) is 4.00. The maximum absolute atomic E-state index is 10.3. The van der Waals surface area contributed by atoms with Crippen LogP contribution in [0.1, 0.15) is 34.9 Å². The normalized spacial score (nSPS) is 15.9. The summed E-state index contributed by atoms with van der Waals surface area (Å²) < 4.78 is 1.86. The van der Waals surface area contributed by atoms with Crippen molar-refractivity contribution in [3.63, 3.8) is 0 Å². The van der Waals surface area contributed by atoms with Gasteiger partial charge in [0.15, 0.2) is 0 Å². The van der Waals surface area contributed by atoms with Crippen molar-refractivity contribution in [2.75, 3.05) is 0 Å². The van der Waals surface area contributed by atoms with Gasteiger partial charge in [-0.2, -0.15) is 0 Å². The summed E-state index contributed by atoms with van der Waals surface area (Å²) in [4.78, 5) is 4.04.